The van der Waals surface area contributed by atoms with Gasteiger partial charge in [0.25, 0.3) is 0 Å². The Kier molecular flexibility index (Phi) is 1.06. The smallest absolute Gasteiger partial charge is 0.101 e. The molecule has 0 aromatic rings. The van der Waals surface area contributed by atoms with Gasteiger partial charge in [0.1, 0.15) is 5.60 Å². The van der Waals surface area contributed by atoms with Crippen LogP contribution in [0.4, 0.5) is 0 Å². The van der Waals surface area contributed by atoms with Crippen molar-refractivity contribution >= 4 is 0 Å². The molecule has 3 saturated carbocycles. The normalized spacial score (nSPS) is 76.5. The van der Waals surface area contributed by atoms with E-state index in [1.165, 1.54) is 25.7 Å². The molecule has 3 saturated heterocycles. The quantitative estimate of drug-likeness (QED) is 0.574. The molecule has 0 amide bonds. The van der Waals surface area contributed by atoms with Crippen LogP contribution in [-0.4, -0.2) is 36.1 Å². The van der Waals surface area contributed by atoms with Gasteiger partial charge in [0.2, 0.25) is 0 Å². The molecule has 0 aromatic carbocycles. The molecule has 0 bridgehead atoms. The lowest BCUT2D eigenvalue weighted by atomic mass is 9.72. The Morgan fingerprint density at radius 3 is 2.50 bits per heavy atom. The van der Waals surface area contributed by atoms with Crippen LogP contribution in [0.1, 0.15) is 25.7 Å². The van der Waals surface area contributed by atoms with Crippen LogP contribution in [0.15, 0.2) is 0 Å². The van der Waals surface area contributed by atoms with Gasteiger partial charge in [-0.3, -0.25) is 0 Å². The standard InChI is InChI=1S/C13H16O3/c1-5-6(2-9-8(1)14-9)12-13(16-12)4-11-10(15-11)3-7(5)13/h5-12H,1-4H2. The first kappa shape index (κ1) is 8.06. The van der Waals surface area contributed by atoms with Gasteiger partial charge >= 0.3 is 0 Å². The van der Waals surface area contributed by atoms with Gasteiger partial charge in [-0.25, -0.2) is 0 Å². The summed E-state index contributed by atoms with van der Waals surface area (Å²) in [6.07, 6.45) is 8.05. The summed E-state index contributed by atoms with van der Waals surface area (Å²) in [6, 6.07) is 0. The molecule has 3 heteroatoms. The summed E-state index contributed by atoms with van der Waals surface area (Å²) in [5.41, 5.74) is 0.282. The average Bonchev–Trinajstić information content (AvgIpc) is 3.13. The van der Waals surface area contributed by atoms with Gasteiger partial charge < -0.3 is 14.2 Å². The fraction of sp³-hybridized carbons (Fsp3) is 1.00. The third-order valence-corrected chi connectivity index (χ3v) is 6.24. The summed E-state index contributed by atoms with van der Waals surface area (Å²) in [4.78, 5) is 0. The molecule has 86 valence electrons. The summed E-state index contributed by atoms with van der Waals surface area (Å²) in [7, 11) is 0. The van der Waals surface area contributed by atoms with Gasteiger partial charge in [0.05, 0.1) is 30.5 Å². The van der Waals surface area contributed by atoms with Crippen molar-refractivity contribution in [3.8, 4) is 0 Å². The minimum Gasteiger partial charge on any atom is -0.370 e. The van der Waals surface area contributed by atoms with Crippen LogP contribution in [0.5, 0.6) is 0 Å². The SMILES string of the molecule is C1C2OC2CC2C1C1CC3OC3CC13OC23. The number of epoxide rings is 3. The van der Waals surface area contributed by atoms with E-state index in [9.17, 15) is 0 Å². The number of fused-ring (bicyclic) bond motifs is 5. The molecular formula is C13H16O3. The molecule has 0 N–H and O–H groups in total. The van der Waals surface area contributed by atoms with E-state index in [1.54, 1.807) is 0 Å². The lowest BCUT2D eigenvalue weighted by Gasteiger charge is -2.33. The van der Waals surface area contributed by atoms with E-state index >= 15 is 0 Å². The molecule has 1 spiro atoms. The van der Waals surface area contributed by atoms with Crippen molar-refractivity contribution in [3.05, 3.63) is 0 Å². The number of ether oxygens (including phenoxy) is 3. The van der Waals surface area contributed by atoms with Gasteiger partial charge in [-0.1, -0.05) is 0 Å². The molecule has 9 unspecified atom stereocenters. The summed E-state index contributed by atoms with van der Waals surface area (Å²) >= 11 is 0. The van der Waals surface area contributed by atoms with Crippen LogP contribution >= 0.6 is 0 Å². The Bertz CT molecular complexity index is 397. The Morgan fingerprint density at radius 1 is 0.812 bits per heavy atom. The van der Waals surface area contributed by atoms with E-state index in [0.717, 1.165) is 17.8 Å². The third kappa shape index (κ3) is 0.737. The topological polar surface area (TPSA) is 37.6 Å². The van der Waals surface area contributed by atoms with E-state index in [2.05, 4.69) is 0 Å². The molecule has 6 fully saturated rings. The number of hydrogen-bond donors (Lipinski definition) is 0. The first-order valence-electron chi connectivity index (χ1n) is 6.84. The van der Waals surface area contributed by atoms with Crippen LogP contribution in [0.25, 0.3) is 0 Å². The zero-order valence-electron chi connectivity index (χ0n) is 9.17. The minimum atomic E-state index is 0.282. The van der Waals surface area contributed by atoms with Crippen LogP contribution in [0, 0.1) is 17.8 Å². The van der Waals surface area contributed by atoms with E-state index in [0.29, 0.717) is 30.5 Å². The predicted octanol–water partition coefficient (Wildman–Crippen LogP) is 1.11. The average molecular weight is 220 g/mol. The van der Waals surface area contributed by atoms with Crippen LogP contribution < -0.4 is 0 Å². The van der Waals surface area contributed by atoms with Crippen LogP contribution in [0.3, 0.4) is 0 Å². The van der Waals surface area contributed by atoms with Crippen LogP contribution in [0.2, 0.25) is 0 Å². The maximum absolute atomic E-state index is 6.14. The molecule has 9 atom stereocenters. The van der Waals surface area contributed by atoms with Gasteiger partial charge in [-0.15, -0.1) is 0 Å². The van der Waals surface area contributed by atoms with E-state index in [-0.39, 0.29) is 5.60 Å². The molecule has 6 rings (SSSR count). The molecule has 3 heterocycles. The van der Waals surface area contributed by atoms with Gasteiger partial charge in [0.15, 0.2) is 0 Å². The largest absolute Gasteiger partial charge is 0.370 e. The Labute approximate surface area is 94.4 Å². The highest BCUT2D eigenvalue weighted by molar-refractivity contribution is 5.26. The highest BCUT2D eigenvalue weighted by atomic mass is 16.6. The molecule has 0 radical (unpaired) electrons. The fourth-order valence-electron chi connectivity index (χ4n) is 5.42. The summed E-state index contributed by atoms with van der Waals surface area (Å²) in [5, 5.41) is 0. The second-order valence-electron chi connectivity index (χ2n) is 6.76. The first-order chi connectivity index (χ1) is 7.85. The Balaban J connectivity index is 1.42. The van der Waals surface area contributed by atoms with Crippen molar-refractivity contribution in [1.29, 1.82) is 0 Å². The van der Waals surface area contributed by atoms with E-state index < -0.39 is 0 Å². The molecule has 3 aliphatic carbocycles. The summed E-state index contributed by atoms with van der Waals surface area (Å²) in [6.45, 7) is 0. The maximum Gasteiger partial charge on any atom is 0.101 e. The van der Waals surface area contributed by atoms with Gasteiger partial charge in [-0.2, -0.15) is 0 Å². The molecule has 6 aliphatic rings. The second-order valence-corrected chi connectivity index (χ2v) is 6.76. The maximum atomic E-state index is 6.14. The monoisotopic (exact) mass is 220 g/mol. The highest BCUT2D eigenvalue weighted by Crippen LogP contribution is 2.71. The zero-order valence-corrected chi connectivity index (χ0v) is 9.17. The van der Waals surface area contributed by atoms with Crippen molar-refractivity contribution in [2.75, 3.05) is 0 Å². The predicted molar refractivity (Wildman–Crippen MR) is 53.9 cm³/mol. The molecule has 0 aromatic heterocycles. The first-order valence-corrected chi connectivity index (χ1v) is 6.84. The number of rotatable bonds is 0. The van der Waals surface area contributed by atoms with E-state index in [4.69, 9.17) is 14.2 Å². The second kappa shape index (κ2) is 2.11. The van der Waals surface area contributed by atoms with Crippen LogP contribution in [-0.2, 0) is 14.2 Å². The molecular weight excluding hydrogens is 204 g/mol. The van der Waals surface area contributed by atoms with Crippen molar-refractivity contribution in [1.82, 2.24) is 0 Å². The van der Waals surface area contributed by atoms with Crippen molar-refractivity contribution in [2.24, 2.45) is 17.8 Å². The van der Waals surface area contributed by atoms with Crippen molar-refractivity contribution < 1.29 is 14.2 Å². The Hall–Kier alpha value is -0.120. The molecule has 3 nitrogen and oxygen atoms in total. The molecule has 16 heavy (non-hydrogen) atoms. The highest BCUT2D eigenvalue weighted by Gasteiger charge is 2.78. The van der Waals surface area contributed by atoms with Crippen molar-refractivity contribution in [2.45, 2.75) is 61.8 Å². The zero-order chi connectivity index (χ0) is 10.1. The Morgan fingerprint density at radius 2 is 1.56 bits per heavy atom. The third-order valence-electron chi connectivity index (χ3n) is 6.24. The fourth-order valence-corrected chi connectivity index (χ4v) is 5.42. The molecule has 3 aliphatic heterocycles. The lowest BCUT2D eigenvalue weighted by Crippen LogP contribution is -2.36. The van der Waals surface area contributed by atoms with Gasteiger partial charge in [-0.05, 0) is 37.0 Å². The van der Waals surface area contributed by atoms with Crippen molar-refractivity contribution in [3.63, 3.8) is 0 Å². The van der Waals surface area contributed by atoms with Gasteiger partial charge in [0, 0.05) is 6.42 Å². The summed E-state index contributed by atoms with van der Waals surface area (Å²) < 4.78 is 17.6. The summed E-state index contributed by atoms with van der Waals surface area (Å²) in [5.74, 6) is 2.52. The van der Waals surface area contributed by atoms with E-state index in [1.807, 2.05) is 0 Å². The lowest BCUT2D eigenvalue weighted by molar-refractivity contribution is 0.0624. The minimum absolute atomic E-state index is 0.282. The number of hydrogen-bond acceptors (Lipinski definition) is 3.